The summed E-state index contributed by atoms with van der Waals surface area (Å²) in [6.07, 6.45) is 2.19. The number of nitrogens with one attached hydrogen (secondary N) is 1. The van der Waals surface area contributed by atoms with E-state index in [1.807, 2.05) is 0 Å². The van der Waals surface area contributed by atoms with Crippen LogP contribution < -0.4 is 5.32 Å². The van der Waals surface area contributed by atoms with Crippen LogP contribution in [0.4, 0.5) is 5.13 Å². The number of rotatable bonds is 3. The first-order valence-electron chi connectivity index (χ1n) is 6.28. The van der Waals surface area contributed by atoms with Crippen LogP contribution in [-0.2, 0) is 9.59 Å². The first-order chi connectivity index (χ1) is 10.1. The summed E-state index contributed by atoms with van der Waals surface area (Å²) >= 11 is 1.30. The van der Waals surface area contributed by atoms with Crippen LogP contribution in [-0.4, -0.2) is 34.6 Å². The molecule has 0 unspecified atom stereocenters. The van der Waals surface area contributed by atoms with Gasteiger partial charge >= 0.3 is 0 Å². The Morgan fingerprint density at radius 1 is 1.48 bits per heavy atom. The second-order valence-corrected chi connectivity index (χ2v) is 5.29. The van der Waals surface area contributed by atoms with E-state index in [0.717, 1.165) is 0 Å². The van der Waals surface area contributed by atoms with Gasteiger partial charge in [-0.3, -0.25) is 14.9 Å². The minimum Gasteiger partial charge on any atom is -0.463 e. The minimum absolute atomic E-state index is 0.0964. The van der Waals surface area contributed by atoms with Gasteiger partial charge in [-0.05, 0) is 12.1 Å². The summed E-state index contributed by atoms with van der Waals surface area (Å²) in [4.78, 5) is 27.7. The molecule has 0 saturated heterocycles. The molecule has 0 radical (unpaired) electrons. The van der Waals surface area contributed by atoms with Crippen molar-refractivity contribution in [1.29, 1.82) is 0 Å². The highest BCUT2D eigenvalue weighted by Crippen LogP contribution is 2.25. The van der Waals surface area contributed by atoms with Crippen LogP contribution in [0.5, 0.6) is 0 Å². The maximum absolute atomic E-state index is 12.1. The summed E-state index contributed by atoms with van der Waals surface area (Å²) in [6.45, 7) is 0. The molecule has 0 bridgehead atoms. The molecule has 1 aliphatic heterocycles. The predicted octanol–water partition coefficient (Wildman–Crippen LogP) is 1.95. The zero-order valence-electron chi connectivity index (χ0n) is 11.2. The average molecular weight is 304 g/mol. The number of hydrogen-bond donors (Lipinski definition) is 1. The Bertz CT molecular complexity index is 705. The maximum Gasteiger partial charge on any atom is 0.273 e. The average Bonchev–Trinajstić information content (AvgIpc) is 3.12. The predicted molar refractivity (Wildman–Crippen MR) is 77.9 cm³/mol. The number of amides is 2. The summed E-state index contributed by atoms with van der Waals surface area (Å²) in [5.41, 5.74) is 0.991. The van der Waals surface area contributed by atoms with Crippen molar-refractivity contribution in [1.82, 2.24) is 9.99 Å². The lowest BCUT2D eigenvalue weighted by Gasteiger charge is -2.18. The SMILES string of the molecule is CN1N=C(C(=O)Nc2nc(-c3ccco3)cs2)CCC1=O. The number of anilines is 1. The van der Waals surface area contributed by atoms with Crippen LogP contribution in [0.15, 0.2) is 33.3 Å². The van der Waals surface area contributed by atoms with Crippen LogP contribution in [0.2, 0.25) is 0 Å². The fourth-order valence-electron chi connectivity index (χ4n) is 1.87. The highest BCUT2D eigenvalue weighted by molar-refractivity contribution is 7.14. The highest BCUT2D eigenvalue weighted by Gasteiger charge is 2.22. The molecule has 0 aromatic carbocycles. The molecule has 0 aliphatic carbocycles. The molecule has 0 atom stereocenters. The molecular formula is C13H12N4O3S. The molecule has 2 aromatic rings. The molecule has 0 fully saturated rings. The first-order valence-corrected chi connectivity index (χ1v) is 7.16. The molecule has 1 aliphatic rings. The normalized spacial score (nSPS) is 15.0. The molecule has 2 amide bonds. The molecule has 3 heterocycles. The van der Waals surface area contributed by atoms with E-state index in [2.05, 4.69) is 15.4 Å². The Morgan fingerprint density at radius 3 is 3.05 bits per heavy atom. The van der Waals surface area contributed by atoms with E-state index in [0.29, 0.717) is 28.7 Å². The van der Waals surface area contributed by atoms with Gasteiger partial charge in [-0.25, -0.2) is 9.99 Å². The van der Waals surface area contributed by atoms with Crippen LogP contribution in [0, 0.1) is 0 Å². The molecule has 21 heavy (non-hydrogen) atoms. The summed E-state index contributed by atoms with van der Waals surface area (Å²) in [5.74, 6) is 0.211. The van der Waals surface area contributed by atoms with E-state index in [4.69, 9.17) is 4.42 Å². The number of furan rings is 1. The van der Waals surface area contributed by atoms with Crippen LogP contribution >= 0.6 is 11.3 Å². The van der Waals surface area contributed by atoms with Gasteiger partial charge in [0.1, 0.15) is 11.4 Å². The number of hydrogen-bond acceptors (Lipinski definition) is 6. The lowest BCUT2D eigenvalue weighted by atomic mass is 10.1. The van der Waals surface area contributed by atoms with Crippen LogP contribution in [0.3, 0.4) is 0 Å². The van der Waals surface area contributed by atoms with E-state index in [1.165, 1.54) is 23.4 Å². The maximum atomic E-state index is 12.1. The van der Waals surface area contributed by atoms with E-state index in [9.17, 15) is 9.59 Å². The third-order valence-corrected chi connectivity index (χ3v) is 3.73. The van der Waals surface area contributed by atoms with Gasteiger partial charge in [-0.1, -0.05) is 0 Å². The fraction of sp³-hybridized carbons (Fsp3) is 0.231. The van der Waals surface area contributed by atoms with Gasteiger partial charge in [0.15, 0.2) is 10.9 Å². The van der Waals surface area contributed by atoms with Gasteiger partial charge in [0.25, 0.3) is 5.91 Å². The van der Waals surface area contributed by atoms with Crippen LogP contribution in [0.1, 0.15) is 12.8 Å². The number of hydrazone groups is 1. The van der Waals surface area contributed by atoms with E-state index in [-0.39, 0.29) is 18.2 Å². The number of carbonyl (C=O) groups excluding carboxylic acids is 2. The van der Waals surface area contributed by atoms with Gasteiger partial charge in [0.2, 0.25) is 5.91 Å². The van der Waals surface area contributed by atoms with E-state index in [1.54, 1.807) is 23.8 Å². The molecule has 1 N–H and O–H groups in total. The summed E-state index contributed by atoms with van der Waals surface area (Å²) in [6, 6.07) is 3.57. The Morgan fingerprint density at radius 2 is 2.33 bits per heavy atom. The Hall–Kier alpha value is -2.48. The topological polar surface area (TPSA) is 87.8 Å². The van der Waals surface area contributed by atoms with Crippen molar-refractivity contribution < 1.29 is 14.0 Å². The number of carbonyl (C=O) groups is 2. The third kappa shape index (κ3) is 2.84. The number of aromatic nitrogens is 1. The zero-order chi connectivity index (χ0) is 14.8. The quantitative estimate of drug-likeness (QED) is 0.938. The Kier molecular flexibility index (Phi) is 3.53. The first kappa shape index (κ1) is 13.5. The van der Waals surface area contributed by atoms with Gasteiger partial charge in [-0.15, -0.1) is 11.3 Å². The second kappa shape index (κ2) is 5.49. The Balaban J connectivity index is 1.71. The largest absolute Gasteiger partial charge is 0.463 e. The summed E-state index contributed by atoms with van der Waals surface area (Å²) in [7, 11) is 1.53. The zero-order valence-corrected chi connectivity index (χ0v) is 12.0. The van der Waals surface area contributed by atoms with Crippen molar-refractivity contribution in [2.24, 2.45) is 5.10 Å². The van der Waals surface area contributed by atoms with E-state index < -0.39 is 0 Å². The molecule has 2 aromatic heterocycles. The fourth-order valence-corrected chi connectivity index (χ4v) is 2.57. The molecule has 3 rings (SSSR count). The molecule has 108 valence electrons. The van der Waals surface area contributed by atoms with Crippen molar-refractivity contribution in [2.45, 2.75) is 12.8 Å². The van der Waals surface area contributed by atoms with Crippen molar-refractivity contribution in [2.75, 3.05) is 12.4 Å². The third-order valence-electron chi connectivity index (χ3n) is 2.97. The standard InChI is InChI=1S/C13H12N4O3S/c1-17-11(18)5-4-8(16-17)12(19)15-13-14-9(7-21-13)10-3-2-6-20-10/h2-3,6-7H,4-5H2,1H3,(H,14,15,19). The van der Waals surface area contributed by atoms with Gasteiger partial charge in [-0.2, -0.15) is 5.10 Å². The van der Waals surface area contributed by atoms with Gasteiger partial charge in [0, 0.05) is 25.3 Å². The van der Waals surface area contributed by atoms with Gasteiger partial charge < -0.3 is 4.42 Å². The van der Waals surface area contributed by atoms with Crippen molar-refractivity contribution >= 4 is 34.0 Å². The minimum atomic E-state index is -0.338. The lowest BCUT2D eigenvalue weighted by molar-refractivity contribution is -0.130. The monoisotopic (exact) mass is 304 g/mol. The highest BCUT2D eigenvalue weighted by atomic mass is 32.1. The molecule has 0 saturated carbocycles. The second-order valence-electron chi connectivity index (χ2n) is 4.43. The molecule has 7 nitrogen and oxygen atoms in total. The molecule has 0 spiro atoms. The van der Waals surface area contributed by atoms with Crippen LogP contribution in [0.25, 0.3) is 11.5 Å². The van der Waals surface area contributed by atoms with Crippen molar-refractivity contribution in [3.8, 4) is 11.5 Å². The van der Waals surface area contributed by atoms with Crippen molar-refractivity contribution in [3.63, 3.8) is 0 Å². The smallest absolute Gasteiger partial charge is 0.273 e. The molecular weight excluding hydrogens is 292 g/mol. The van der Waals surface area contributed by atoms with E-state index >= 15 is 0 Å². The summed E-state index contributed by atoms with van der Waals surface area (Å²) < 4.78 is 5.24. The number of thiazole rings is 1. The lowest BCUT2D eigenvalue weighted by Crippen LogP contribution is -2.34. The summed E-state index contributed by atoms with van der Waals surface area (Å²) in [5, 5.41) is 10.1. The number of nitrogens with zero attached hydrogens (tertiary/aromatic N) is 3. The molecule has 8 heteroatoms. The van der Waals surface area contributed by atoms with Gasteiger partial charge in [0.05, 0.1) is 6.26 Å². The van der Waals surface area contributed by atoms with Crippen molar-refractivity contribution in [3.05, 3.63) is 23.8 Å². The Labute approximate surface area is 124 Å².